The summed E-state index contributed by atoms with van der Waals surface area (Å²) in [5.74, 6) is 1.01. The van der Waals surface area contributed by atoms with Crippen LogP contribution in [0.4, 0.5) is 0 Å². The van der Waals surface area contributed by atoms with Crippen molar-refractivity contribution in [2.45, 2.75) is 84.2 Å². The van der Waals surface area contributed by atoms with Crippen LogP contribution >= 0.6 is 0 Å². The van der Waals surface area contributed by atoms with Gasteiger partial charge in [-0.05, 0) is 51.9 Å². The maximum atomic E-state index is 3.84. The van der Waals surface area contributed by atoms with Crippen molar-refractivity contribution in [3.05, 3.63) is 0 Å². The zero-order valence-corrected chi connectivity index (χ0v) is 11.1. The first-order valence-electron chi connectivity index (χ1n) is 6.85. The van der Waals surface area contributed by atoms with E-state index in [0.29, 0.717) is 5.54 Å². The van der Waals surface area contributed by atoms with Gasteiger partial charge in [0.05, 0.1) is 0 Å². The van der Waals surface area contributed by atoms with Crippen LogP contribution in [-0.2, 0) is 0 Å². The maximum absolute atomic E-state index is 3.84. The summed E-state index contributed by atoms with van der Waals surface area (Å²) >= 11 is 0. The minimum absolute atomic E-state index is 0.346. The Hall–Kier alpha value is -0.0400. The van der Waals surface area contributed by atoms with Gasteiger partial charge >= 0.3 is 0 Å². The third kappa shape index (κ3) is 4.55. The van der Waals surface area contributed by atoms with E-state index in [-0.39, 0.29) is 0 Å². The second-order valence-electron chi connectivity index (χ2n) is 5.90. The van der Waals surface area contributed by atoms with Crippen LogP contribution in [0.5, 0.6) is 0 Å². The third-order valence-corrected chi connectivity index (χ3v) is 3.89. The summed E-state index contributed by atoms with van der Waals surface area (Å²) in [6.07, 6.45) is 9.63. The van der Waals surface area contributed by atoms with Crippen molar-refractivity contribution >= 4 is 0 Å². The average molecular weight is 211 g/mol. The molecule has 0 bridgehead atoms. The van der Waals surface area contributed by atoms with Gasteiger partial charge in [0.2, 0.25) is 0 Å². The molecule has 0 radical (unpaired) electrons. The lowest BCUT2D eigenvalue weighted by atomic mass is 9.83. The average Bonchev–Trinajstić information content (AvgIpc) is 2.18. The predicted octanol–water partition coefficient (Wildman–Crippen LogP) is 4.12. The second kappa shape index (κ2) is 5.89. The fourth-order valence-corrected chi connectivity index (χ4v) is 2.96. The van der Waals surface area contributed by atoms with E-state index in [9.17, 15) is 0 Å². The number of hydrogen-bond acceptors (Lipinski definition) is 1. The van der Waals surface area contributed by atoms with Crippen LogP contribution in [-0.4, -0.2) is 11.6 Å². The summed E-state index contributed by atoms with van der Waals surface area (Å²) in [7, 11) is 0. The Balaban J connectivity index is 2.28. The molecule has 1 N–H and O–H groups in total. The molecule has 1 saturated carbocycles. The smallest absolute Gasteiger partial charge is 0.0127 e. The Bertz CT molecular complexity index is 166. The molecule has 15 heavy (non-hydrogen) atoms. The number of rotatable bonds is 5. The number of nitrogens with one attached hydrogen (secondary N) is 1. The van der Waals surface area contributed by atoms with E-state index >= 15 is 0 Å². The Kier molecular flexibility index (Phi) is 5.11. The van der Waals surface area contributed by atoms with Crippen molar-refractivity contribution in [3.63, 3.8) is 0 Å². The molecule has 1 nitrogen and oxygen atoms in total. The molecule has 0 saturated heterocycles. The molecule has 1 heteroatoms. The largest absolute Gasteiger partial charge is 0.309 e. The van der Waals surface area contributed by atoms with E-state index in [1.165, 1.54) is 44.9 Å². The molecule has 0 spiro atoms. The lowest BCUT2D eigenvalue weighted by Gasteiger charge is -2.36. The zero-order valence-electron chi connectivity index (χ0n) is 11.1. The standard InChI is InChI=1S/C14H29N/c1-5-11-14(3,4)15-13-9-7-12(6-2)8-10-13/h12-13,15H,5-11H2,1-4H3. The normalized spacial score (nSPS) is 28.0. The maximum Gasteiger partial charge on any atom is 0.0127 e. The minimum atomic E-state index is 0.346. The predicted molar refractivity (Wildman–Crippen MR) is 68.2 cm³/mol. The van der Waals surface area contributed by atoms with Gasteiger partial charge in [-0.1, -0.05) is 26.7 Å². The van der Waals surface area contributed by atoms with Crippen molar-refractivity contribution < 1.29 is 0 Å². The Morgan fingerprint density at radius 2 is 1.67 bits per heavy atom. The molecule has 1 rings (SSSR count). The van der Waals surface area contributed by atoms with Gasteiger partial charge in [-0.3, -0.25) is 0 Å². The third-order valence-electron chi connectivity index (χ3n) is 3.89. The van der Waals surface area contributed by atoms with Gasteiger partial charge in [0.1, 0.15) is 0 Å². The summed E-state index contributed by atoms with van der Waals surface area (Å²) in [6, 6.07) is 0.786. The molecule has 1 aliphatic rings. The fourth-order valence-electron chi connectivity index (χ4n) is 2.96. The molecule has 0 heterocycles. The van der Waals surface area contributed by atoms with Crippen LogP contribution in [0.15, 0.2) is 0 Å². The van der Waals surface area contributed by atoms with Gasteiger partial charge in [0.25, 0.3) is 0 Å². The van der Waals surface area contributed by atoms with E-state index < -0.39 is 0 Å². The van der Waals surface area contributed by atoms with Crippen LogP contribution in [0.25, 0.3) is 0 Å². The first kappa shape index (κ1) is 13.0. The molecule has 0 aromatic rings. The molecule has 0 amide bonds. The lowest BCUT2D eigenvalue weighted by molar-refractivity contribution is 0.229. The summed E-state index contributed by atoms with van der Waals surface area (Å²) < 4.78 is 0. The van der Waals surface area contributed by atoms with Gasteiger partial charge in [-0.25, -0.2) is 0 Å². The van der Waals surface area contributed by atoms with Gasteiger partial charge < -0.3 is 5.32 Å². The minimum Gasteiger partial charge on any atom is -0.309 e. The first-order valence-corrected chi connectivity index (χ1v) is 6.85. The van der Waals surface area contributed by atoms with Gasteiger partial charge in [-0.2, -0.15) is 0 Å². The lowest BCUT2D eigenvalue weighted by Crippen LogP contribution is -2.47. The SMILES string of the molecule is CCCC(C)(C)NC1CCC(CC)CC1. The van der Waals surface area contributed by atoms with E-state index in [4.69, 9.17) is 0 Å². The van der Waals surface area contributed by atoms with Gasteiger partial charge in [0, 0.05) is 11.6 Å². The zero-order chi connectivity index (χ0) is 11.3. The molecule has 0 atom stereocenters. The van der Waals surface area contributed by atoms with Crippen molar-refractivity contribution in [1.82, 2.24) is 5.32 Å². The molecule has 0 aromatic heterocycles. The molecule has 0 unspecified atom stereocenters. The van der Waals surface area contributed by atoms with Crippen LogP contribution in [0.1, 0.15) is 72.6 Å². The Morgan fingerprint density at radius 3 is 2.13 bits per heavy atom. The molecule has 90 valence electrons. The first-order chi connectivity index (χ1) is 7.07. The summed E-state index contributed by atoms with van der Waals surface area (Å²) in [4.78, 5) is 0. The monoisotopic (exact) mass is 211 g/mol. The molecule has 1 fully saturated rings. The summed E-state index contributed by atoms with van der Waals surface area (Å²) in [6.45, 7) is 9.31. The van der Waals surface area contributed by atoms with E-state index in [1.54, 1.807) is 0 Å². The van der Waals surface area contributed by atoms with Crippen LogP contribution in [0.3, 0.4) is 0 Å². The highest BCUT2D eigenvalue weighted by molar-refractivity contribution is 4.85. The van der Waals surface area contributed by atoms with Gasteiger partial charge in [0.15, 0.2) is 0 Å². The summed E-state index contributed by atoms with van der Waals surface area (Å²) in [5.41, 5.74) is 0.346. The Morgan fingerprint density at radius 1 is 1.07 bits per heavy atom. The van der Waals surface area contributed by atoms with E-state index in [2.05, 4.69) is 33.0 Å². The highest BCUT2D eigenvalue weighted by Crippen LogP contribution is 2.28. The molecular weight excluding hydrogens is 182 g/mol. The van der Waals surface area contributed by atoms with Crippen molar-refractivity contribution in [3.8, 4) is 0 Å². The molecular formula is C14H29N. The van der Waals surface area contributed by atoms with Crippen LogP contribution in [0.2, 0.25) is 0 Å². The molecule has 0 aliphatic heterocycles. The highest BCUT2D eigenvalue weighted by Gasteiger charge is 2.25. The summed E-state index contributed by atoms with van der Waals surface area (Å²) in [5, 5.41) is 3.84. The topological polar surface area (TPSA) is 12.0 Å². The fraction of sp³-hybridized carbons (Fsp3) is 1.00. The molecule has 1 aliphatic carbocycles. The van der Waals surface area contributed by atoms with Crippen LogP contribution < -0.4 is 5.32 Å². The Labute approximate surface area is 96.0 Å². The van der Waals surface area contributed by atoms with Gasteiger partial charge in [-0.15, -0.1) is 0 Å². The van der Waals surface area contributed by atoms with E-state index in [0.717, 1.165) is 12.0 Å². The van der Waals surface area contributed by atoms with Crippen LogP contribution in [0, 0.1) is 5.92 Å². The van der Waals surface area contributed by atoms with Crippen molar-refractivity contribution in [2.75, 3.05) is 0 Å². The molecule has 0 aromatic carbocycles. The van der Waals surface area contributed by atoms with Crippen molar-refractivity contribution in [2.24, 2.45) is 5.92 Å². The van der Waals surface area contributed by atoms with Crippen molar-refractivity contribution in [1.29, 1.82) is 0 Å². The second-order valence-corrected chi connectivity index (χ2v) is 5.90. The van der Waals surface area contributed by atoms with E-state index in [1.807, 2.05) is 0 Å². The number of hydrogen-bond donors (Lipinski definition) is 1. The quantitative estimate of drug-likeness (QED) is 0.721. The highest BCUT2D eigenvalue weighted by atomic mass is 15.0.